The Bertz CT molecular complexity index is 873. The van der Waals surface area contributed by atoms with Gasteiger partial charge in [0.15, 0.2) is 0 Å². The minimum Gasteiger partial charge on any atom is -0.497 e. The highest BCUT2D eigenvalue weighted by molar-refractivity contribution is 5.92. The number of anilines is 1. The van der Waals surface area contributed by atoms with Crippen molar-refractivity contribution in [1.29, 1.82) is 0 Å². The van der Waals surface area contributed by atoms with Gasteiger partial charge in [0.2, 0.25) is 5.91 Å². The molecule has 3 rings (SSSR count). The summed E-state index contributed by atoms with van der Waals surface area (Å²) in [6, 6.07) is 17.5. The Labute approximate surface area is 153 Å². The van der Waals surface area contributed by atoms with E-state index in [1.54, 1.807) is 13.3 Å². The standard InChI is InChI=1S/C21H23N3O2/c1-3-24(14-17-7-4-6-16-8-5-13-22-21(16)17)15-20(25)23-18-9-11-19(26-2)12-10-18/h4-13H,3,14-15H2,1-2H3,(H,23,25). The molecule has 0 atom stereocenters. The SMILES string of the molecule is CCN(CC(=O)Nc1ccc(OC)cc1)Cc1cccc2cccnc12. The number of amides is 1. The van der Waals surface area contributed by atoms with E-state index in [1.165, 1.54) is 0 Å². The lowest BCUT2D eigenvalue weighted by atomic mass is 10.1. The summed E-state index contributed by atoms with van der Waals surface area (Å²) < 4.78 is 5.13. The molecule has 1 heterocycles. The number of carbonyl (C=O) groups is 1. The Morgan fingerprint density at radius 3 is 2.62 bits per heavy atom. The van der Waals surface area contributed by atoms with Gasteiger partial charge in [0.25, 0.3) is 0 Å². The molecule has 0 radical (unpaired) electrons. The first kappa shape index (κ1) is 17.9. The molecule has 1 N–H and O–H groups in total. The molecule has 3 aromatic rings. The number of nitrogens with one attached hydrogen (secondary N) is 1. The fraction of sp³-hybridized carbons (Fsp3) is 0.238. The van der Waals surface area contributed by atoms with Crippen molar-refractivity contribution in [3.63, 3.8) is 0 Å². The van der Waals surface area contributed by atoms with E-state index in [0.717, 1.165) is 34.4 Å². The zero-order valence-corrected chi connectivity index (χ0v) is 15.1. The number of methoxy groups -OCH3 is 1. The Balaban J connectivity index is 1.65. The van der Waals surface area contributed by atoms with E-state index in [9.17, 15) is 4.79 Å². The van der Waals surface area contributed by atoms with E-state index in [4.69, 9.17) is 4.74 Å². The van der Waals surface area contributed by atoms with Gasteiger partial charge < -0.3 is 10.1 Å². The van der Waals surface area contributed by atoms with Crippen LogP contribution >= 0.6 is 0 Å². The van der Waals surface area contributed by atoms with E-state index < -0.39 is 0 Å². The van der Waals surface area contributed by atoms with Crippen molar-refractivity contribution < 1.29 is 9.53 Å². The Kier molecular flexibility index (Phi) is 5.81. The first-order chi connectivity index (χ1) is 12.7. The van der Waals surface area contributed by atoms with Crippen LogP contribution in [-0.2, 0) is 11.3 Å². The summed E-state index contributed by atoms with van der Waals surface area (Å²) in [7, 11) is 1.62. The summed E-state index contributed by atoms with van der Waals surface area (Å²) in [5.74, 6) is 0.729. The van der Waals surface area contributed by atoms with Crippen LogP contribution in [0.15, 0.2) is 60.8 Å². The number of hydrogen-bond acceptors (Lipinski definition) is 4. The van der Waals surface area contributed by atoms with Crippen LogP contribution in [0.1, 0.15) is 12.5 Å². The van der Waals surface area contributed by atoms with E-state index in [-0.39, 0.29) is 5.91 Å². The number of fused-ring (bicyclic) bond motifs is 1. The number of likely N-dealkylation sites (N-methyl/N-ethyl adjacent to an activating group) is 1. The van der Waals surface area contributed by atoms with Gasteiger partial charge in [-0.3, -0.25) is 14.7 Å². The minimum atomic E-state index is -0.0368. The van der Waals surface area contributed by atoms with Gasteiger partial charge in [0.1, 0.15) is 5.75 Å². The largest absolute Gasteiger partial charge is 0.497 e. The third kappa shape index (κ3) is 4.37. The molecule has 0 spiro atoms. The highest BCUT2D eigenvalue weighted by Gasteiger charge is 2.12. The molecule has 0 saturated heterocycles. The second-order valence-electron chi connectivity index (χ2n) is 6.07. The number of ether oxygens (including phenoxy) is 1. The summed E-state index contributed by atoms with van der Waals surface area (Å²) in [6.45, 7) is 3.84. The number of hydrogen-bond donors (Lipinski definition) is 1. The first-order valence-corrected chi connectivity index (χ1v) is 8.68. The number of aromatic nitrogens is 1. The number of pyridine rings is 1. The van der Waals surface area contributed by atoms with Crippen LogP contribution < -0.4 is 10.1 Å². The second-order valence-corrected chi connectivity index (χ2v) is 6.07. The first-order valence-electron chi connectivity index (χ1n) is 8.68. The number of para-hydroxylation sites is 1. The molecule has 2 aromatic carbocycles. The van der Waals surface area contributed by atoms with Crippen LogP contribution in [-0.4, -0.2) is 36.0 Å². The van der Waals surface area contributed by atoms with E-state index in [0.29, 0.717) is 13.1 Å². The number of rotatable bonds is 7. The molecule has 0 fully saturated rings. The Morgan fingerprint density at radius 1 is 1.12 bits per heavy atom. The molecule has 134 valence electrons. The van der Waals surface area contributed by atoms with Gasteiger partial charge in [0.05, 0.1) is 19.2 Å². The number of benzene rings is 2. The van der Waals surface area contributed by atoms with Gasteiger partial charge in [0, 0.05) is 23.8 Å². The van der Waals surface area contributed by atoms with Crippen LogP contribution in [0.3, 0.4) is 0 Å². The lowest BCUT2D eigenvalue weighted by Gasteiger charge is -2.20. The zero-order chi connectivity index (χ0) is 18.4. The maximum absolute atomic E-state index is 12.4. The Hall–Kier alpha value is -2.92. The molecule has 0 saturated carbocycles. The summed E-state index contributed by atoms with van der Waals surface area (Å²) in [6.07, 6.45) is 1.80. The van der Waals surface area contributed by atoms with Crippen molar-refractivity contribution in [2.75, 3.05) is 25.5 Å². The second kappa shape index (κ2) is 8.45. The summed E-state index contributed by atoms with van der Waals surface area (Å²) in [5.41, 5.74) is 2.88. The predicted octanol–water partition coefficient (Wildman–Crippen LogP) is 3.70. The van der Waals surface area contributed by atoms with Gasteiger partial charge in [-0.05, 0) is 42.4 Å². The van der Waals surface area contributed by atoms with Crippen molar-refractivity contribution in [2.24, 2.45) is 0 Å². The molecule has 1 amide bonds. The van der Waals surface area contributed by atoms with Crippen molar-refractivity contribution >= 4 is 22.5 Å². The minimum absolute atomic E-state index is 0.0368. The van der Waals surface area contributed by atoms with Gasteiger partial charge in [-0.15, -0.1) is 0 Å². The van der Waals surface area contributed by atoms with Crippen molar-refractivity contribution in [3.05, 3.63) is 66.4 Å². The van der Waals surface area contributed by atoms with Gasteiger partial charge >= 0.3 is 0 Å². The fourth-order valence-electron chi connectivity index (χ4n) is 2.89. The highest BCUT2D eigenvalue weighted by atomic mass is 16.5. The lowest BCUT2D eigenvalue weighted by Crippen LogP contribution is -2.32. The molecule has 0 aliphatic rings. The van der Waals surface area contributed by atoms with Crippen molar-refractivity contribution in [3.8, 4) is 5.75 Å². The van der Waals surface area contributed by atoms with Crippen LogP contribution in [0.25, 0.3) is 10.9 Å². The van der Waals surface area contributed by atoms with E-state index in [1.807, 2.05) is 36.4 Å². The maximum atomic E-state index is 12.4. The van der Waals surface area contributed by atoms with Crippen LogP contribution in [0.2, 0.25) is 0 Å². The molecule has 1 aromatic heterocycles. The molecular weight excluding hydrogens is 326 g/mol. The number of carbonyl (C=O) groups excluding carboxylic acids is 1. The average Bonchev–Trinajstić information content (AvgIpc) is 2.68. The van der Waals surface area contributed by atoms with Crippen LogP contribution in [0.5, 0.6) is 5.75 Å². The fourth-order valence-corrected chi connectivity index (χ4v) is 2.89. The number of nitrogens with zero attached hydrogens (tertiary/aromatic N) is 2. The van der Waals surface area contributed by atoms with Crippen molar-refractivity contribution in [1.82, 2.24) is 9.88 Å². The highest BCUT2D eigenvalue weighted by Crippen LogP contribution is 2.18. The summed E-state index contributed by atoms with van der Waals surface area (Å²) in [5, 5.41) is 4.04. The van der Waals surface area contributed by atoms with Crippen LogP contribution in [0.4, 0.5) is 5.69 Å². The zero-order valence-electron chi connectivity index (χ0n) is 15.1. The molecule has 0 aliphatic carbocycles. The molecule has 0 aliphatic heterocycles. The van der Waals surface area contributed by atoms with Gasteiger partial charge in [-0.25, -0.2) is 0 Å². The smallest absolute Gasteiger partial charge is 0.238 e. The van der Waals surface area contributed by atoms with E-state index >= 15 is 0 Å². The monoisotopic (exact) mass is 349 g/mol. The van der Waals surface area contributed by atoms with Gasteiger partial charge in [-0.1, -0.05) is 31.2 Å². The average molecular weight is 349 g/mol. The molecule has 5 heteroatoms. The summed E-state index contributed by atoms with van der Waals surface area (Å²) in [4.78, 5) is 19.0. The molecule has 26 heavy (non-hydrogen) atoms. The predicted molar refractivity (Wildman–Crippen MR) is 104 cm³/mol. The normalized spacial score (nSPS) is 10.9. The molecule has 0 unspecified atom stereocenters. The quantitative estimate of drug-likeness (QED) is 0.707. The lowest BCUT2D eigenvalue weighted by molar-refractivity contribution is -0.117. The molecule has 0 bridgehead atoms. The van der Waals surface area contributed by atoms with Crippen molar-refractivity contribution in [2.45, 2.75) is 13.5 Å². The third-order valence-corrected chi connectivity index (χ3v) is 4.30. The molecule has 5 nitrogen and oxygen atoms in total. The Morgan fingerprint density at radius 2 is 1.88 bits per heavy atom. The van der Waals surface area contributed by atoms with Gasteiger partial charge in [-0.2, -0.15) is 0 Å². The topological polar surface area (TPSA) is 54.5 Å². The molecular formula is C21H23N3O2. The maximum Gasteiger partial charge on any atom is 0.238 e. The van der Waals surface area contributed by atoms with E-state index in [2.05, 4.69) is 40.3 Å². The summed E-state index contributed by atoms with van der Waals surface area (Å²) >= 11 is 0. The van der Waals surface area contributed by atoms with Crippen LogP contribution in [0, 0.1) is 0 Å². The third-order valence-electron chi connectivity index (χ3n) is 4.30.